The number of ketones is 1. The van der Waals surface area contributed by atoms with E-state index in [1.807, 2.05) is 18.2 Å². The first-order valence-electron chi connectivity index (χ1n) is 7.57. The van der Waals surface area contributed by atoms with Gasteiger partial charge in [-0.3, -0.25) is 4.79 Å². The highest BCUT2D eigenvalue weighted by molar-refractivity contribution is 6.00. The smallest absolute Gasteiger partial charge is 0.166 e. The number of carbonyl (C=O) groups excluding carboxylic acids is 1. The van der Waals surface area contributed by atoms with E-state index < -0.39 is 0 Å². The number of hydrogen-bond acceptors (Lipinski definition) is 2. The van der Waals surface area contributed by atoms with Crippen LogP contribution in [0, 0.1) is 11.8 Å². The van der Waals surface area contributed by atoms with E-state index in [1.165, 1.54) is 12.0 Å². The zero-order chi connectivity index (χ0) is 13.2. The summed E-state index contributed by atoms with van der Waals surface area (Å²) in [6.45, 7) is 0. The predicted octanol–water partition coefficient (Wildman–Crippen LogP) is 3.37. The van der Waals surface area contributed by atoms with Crippen LogP contribution in [0.3, 0.4) is 0 Å². The van der Waals surface area contributed by atoms with Gasteiger partial charge >= 0.3 is 0 Å². The summed E-state index contributed by atoms with van der Waals surface area (Å²) in [5.41, 5.74) is 2.09. The van der Waals surface area contributed by atoms with E-state index in [4.69, 9.17) is 0 Å². The summed E-state index contributed by atoms with van der Waals surface area (Å²) in [4.78, 5) is 12.7. The molecule has 0 bridgehead atoms. The number of aliphatic hydroxyl groups is 1. The fourth-order valence-electron chi connectivity index (χ4n) is 3.82. The van der Waals surface area contributed by atoms with Gasteiger partial charge in [-0.2, -0.15) is 0 Å². The number of Topliss-reactive ketones (excluding diaryl/α,β-unsaturated/α-hetero) is 1. The number of aliphatic hydroxyl groups excluding tert-OH is 1. The van der Waals surface area contributed by atoms with Crippen molar-refractivity contribution in [3.05, 3.63) is 35.4 Å². The van der Waals surface area contributed by atoms with Gasteiger partial charge in [-0.15, -0.1) is 0 Å². The van der Waals surface area contributed by atoms with Crippen LogP contribution < -0.4 is 0 Å². The molecule has 0 aliphatic heterocycles. The second-order valence-electron chi connectivity index (χ2n) is 6.04. The molecule has 0 saturated heterocycles. The summed E-state index contributed by atoms with van der Waals surface area (Å²) in [6.07, 6.45) is 6.97. The van der Waals surface area contributed by atoms with Crippen molar-refractivity contribution in [1.82, 2.24) is 0 Å². The highest BCUT2D eigenvalue weighted by atomic mass is 16.3. The molecule has 0 heterocycles. The second kappa shape index (κ2) is 5.46. The van der Waals surface area contributed by atoms with Crippen LogP contribution >= 0.6 is 0 Å². The zero-order valence-corrected chi connectivity index (χ0v) is 11.3. The predicted molar refractivity (Wildman–Crippen MR) is 75.2 cm³/mol. The molecule has 3 unspecified atom stereocenters. The third kappa shape index (κ3) is 2.46. The molecule has 1 saturated carbocycles. The Kier molecular flexibility index (Phi) is 3.69. The molecule has 0 spiro atoms. The van der Waals surface area contributed by atoms with Gasteiger partial charge < -0.3 is 5.11 Å². The SMILES string of the molecule is O=C1c2ccccc2CCC1C1CCCCCC1O. The van der Waals surface area contributed by atoms with Crippen molar-refractivity contribution < 1.29 is 9.90 Å². The Labute approximate surface area is 114 Å². The first-order chi connectivity index (χ1) is 9.27. The quantitative estimate of drug-likeness (QED) is 0.784. The maximum atomic E-state index is 12.7. The van der Waals surface area contributed by atoms with Crippen LogP contribution in [0.15, 0.2) is 24.3 Å². The molecule has 3 rings (SSSR count). The monoisotopic (exact) mass is 258 g/mol. The van der Waals surface area contributed by atoms with Crippen molar-refractivity contribution in [2.45, 2.75) is 51.0 Å². The maximum Gasteiger partial charge on any atom is 0.166 e. The minimum Gasteiger partial charge on any atom is -0.393 e. The maximum absolute atomic E-state index is 12.7. The molecule has 1 N–H and O–H groups in total. The Hall–Kier alpha value is -1.15. The normalized spacial score (nSPS) is 31.6. The van der Waals surface area contributed by atoms with E-state index in [0.29, 0.717) is 0 Å². The number of aryl methyl sites for hydroxylation is 1. The van der Waals surface area contributed by atoms with Crippen molar-refractivity contribution in [1.29, 1.82) is 0 Å². The molecule has 2 heteroatoms. The van der Waals surface area contributed by atoms with E-state index in [-0.39, 0.29) is 23.7 Å². The average Bonchev–Trinajstić information content (AvgIpc) is 2.65. The highest BCUT2D eigenvalue weighted by Gasteiger charge is 2.37. The standard InChI is InChI=1S/C17H22O2/c18-16-9-3-1-2-8-14(16)15-11-10-12-6-4-5-7-13(12)17(15)19/h4-7,14-16,18H,1-3,8-11H2. The molecular formula is C17H22O2. The second-order valence-corrected chi connectivity index (χ2v) is 6.04. The van der Waals surface area contributed by atoms with E-state index in [1.54, 1.807) is 0 Å². The van der Waals surface area contributed by atoms with Gasteiger partial charge in [0.05, 0.1) is 6.10 Å². The highest BCUT2D eigenvalue weighted by Crippen LogP contribution is 2.37. The van der Waals surface area contributed by atoms with Gasteiger partial charge in [0, 0.05) is 11.5 Å². The largest absolute Gasteiger partial charge is 0.393 e. The van der Waals surface area contributed by atoms with Crippen molar-refractivity contribution in [2.24, 2.45) is 11.8 Å². The van der Waals surface area contributed by atoms with Crippen LogP contribution in [0.25, 0.3) is 0 Å². The van der Waals surface area contributed by atoms with Gasteiger partial charge in [0.15, 0.2) is 5.78 Å². The summed E-state index contributed by atoms with van der Waals surface area (Å²) < 4.78 is 0. The first-order valence-corrected chi connectivity index (χ1v) is 7.57. The number of benzene rings is 1. The van der Waals surface area contributed by atoms with Gasteiger partial charge in [0.25, 0.3) is 0 Å². The lowest BCUT2D eigenvalue weighted by molar-refractivity contribution is 0.0498. The van der Waals surface area contributed by atoms with Gasteiger partial charge in [0.2, 0.25) is 0 Å². The van der Waals surface area contributed by atoms with Crippen molar-refractivity contribution in [2.75, 3.05) is 0 Å². The molecular weight excluding hydrogens is 236 g/mol. The number of rotatable bonds is 1. The minimum absolute atomic E-state index is 0.0444. The molecule has 2 aliphatic rings. The molecule has 0 amide bonds. The lowest BCUT2D eigenvalue weighted by atomic mass is 9.72. The lowest BCUT2D eigenvalue weighted by Crippen LogP contribution is -2.35. The third-order valence-corrected chi connectivity index (χ3v) is 4.89. The molecule has 0 radical (unpaired) electrons. The molecule has 2 nitrogen and oxygen atoms in total. The third-order valence-electron chi connectivity index (χ3n) is 4.89. The fourth-order valence-corrected chi connectivity index (χ4v) is 3.82. The number of carbonyl (C=O) groups is 1. The fraction of sp³-hybridized carbons (Fsp3) is 0.588. The molecule has 2 aliphatic carbocycles. The molecule has 1 aromatic rings. The minimum atomic E-state index is -0.276. The number of fused-ring (bicyclic) bond motifs is 1. The molecule has 3 atom stereocenters. The van der Waals surface area contributed by atoms with Crippen LogP contribution in [0.2, 0.25) is 0 Å². The molecule has 19 heavy (non-hydrogen) atoms. The Balaban J connectivity index is 1.85. The average molecular weight is 258 g/mol. The Morgan fingerprint density at radius 3 is 2.68 bits per heavy atom. The molecule has 102 valence electrons. The van der Waals surface area contributed by atoms with E-state index >= 15 is 0 Å². The topological polar surface area (TPSA) is 37.3 Å². The lowest BCUT2D eigenvalue weighted by Gasteiger charge is -2.32. The Morgan fingerprint density at radius 1 is 1.00 bits per heavy atom. The van der Waals surface area contributed by atoms with Crippen LogP contribution in [-0.2, 0) is 6.42 Å². The van der Waals surface area contributed by atoms with Crippen molar-refractivity contribution >= 4 is 5.78 Å². The van der Waals surface area contributed by atoms with E-state index in [0.717, 1.165) is 44.1 Å². The first kappa shape index (κ1) is 12.9. The summed E-state index contributed by atoms with van der Waals surface area (Å²) in [7, 11) is 0. The molecule has 1 aromatic carbocycles. The zero-order valence-electron chi connectivity index (χ0n) is 11.3. The van der Waals surface area contributed by atoms with Crippen LogP contribution in [0.1, 0.15) is 54.4 Å². The molecule has 1 fully saturated rings. The summed E-state index contributed by atoms with van der Waals surface area (Å²) in [6, 6.07) is 7.97. The van der Waals surface area contributed by atoms with Crippen molar-refractivity contribution in [3.8, 4) is 0 Å². The van der Waals surface area contributed by atoms with E-state index in [9.17, 15) is 9.90 Å². The van der Waals surface area contributed by atoms with Crippen molar-refractivity contribution in [3.63, 3.8) is 0 Å². The van der Waals surface area contributed by atoms with Crippen LogP contribution in [0.5, 0.6) is 0 Å². The van der Waals surface area contributed by atoms with Crippen LogP contribution in [0.4, 0.5) is 0 Å². The number of hydrogen-bond donors (Lipinski definition) is 1. The summed E-state index contributed by atoms with van der Waals surface area (Å²) in [5.74, 6) is 0.499. The van der Waals surface area contributed by atoms with Crippen LogP contribution in [-0.4, -0.2) is 17.0 Å². The van der Waals surface area contributed by atoms with Gasteiger partial charge in [0.1, 0.15) is 0 Å². The Morgan fingerprint density at radius 2 is 1.79 bits per heavy atom. The Bertz CT molecular complexity index is 466. The van der Waals surface area contributed by atoms with Gasteiger partial charge in [-0.1, -0.05) is 43.5 Å². The summed E-state index contributed by atoms with van der Waals surface area (Å²) >= 11 is 0. The summed E-state index contributed by atoms with van der Waals surface area (Å²) in [5, 5.41) is 10.3. The molecule has 0 aromatic heterocycles. The van der Waals surface area contributed by atoms with Gasteiger partial charge in [-0.05, 0) is 37.2 Å². The van der Waals surface area contributed by atoms with Gasteiger partial charge in [-0.25, -0.2) is 0 Å². The van der Waals surface area contributed by atoms with E-state index in [2.05, 4.69) is 6.07 Å².